The van der Waals surface area contributed by atoms with Crippen LogP contribution in [-0.4, -0.2) is 44.7 Å². The Morgan fingerprint density at radius 3 is 2.75 bits per heavy atom. The van der Waals surface area contributed by atoms with E-state index in [9.17, 15) is 14.4 Å². The van der Waals surface area contributed by atoms with Gasteiger partial charge in [0.15, 0.2) is 0 Å². The molecule has 1 N–H and O–H groups in total. The maximum atomic E-state index is 12.9. The van der Waals surface area contributed by atoms with Crippen molar-refractivity contribution in [3.8, 4) is 0 Å². The monoisotopic (exact) mass is 380 g/mol. The molecule has 4 rings (SSSR count). The van der Waals surface area contributed by atoms with Crippen LogP contribution in [0.1, 0.15) is 48.5 Å². The van der Waals surface area contributed by atoms with Crippen LogP contribution in [0.2, 0.25) is 0 Å². The van der Waals surface area contributed by atoms with Crippen LogP contribution in [0.4, 0.5) is 0 Å². The zero-order valence-electron chi connectivity index (χ0n) is 16.0. The third kappa shape index (κ3) is 3.56. The van der Waals surface area contributed by atoms with Crippen LogP contribution in [-0.2, 0) is 29.0 Å². The first-order chi connectivity index (χ1) is 13.5. The molecule has 2 aliphatic heterocycles. The zero-order valence-corrected chi connectivity index (χ0v) is 16.0. The number of nitrogens with zero attached hydrogens (tertiary/aromatic N) is 3. The van der Waals surface area contributed by atoms with Gasteiger partial charge in [0.2, 0.25) is 11.8 Å². The Morgan fingerprint density at radius 2 is 2.00 bits per heavy atom. The van der Waals surface area contributed by atoms with E-state index in [1.165, 1.54) is 6.92 Å². The quantitative estimate of drug-likeness (QED) is 0.876. The summed E-state index contributed by atoms with van der Waals surface area (Å²) in [6.45, 7) is 3.08. The molecule has 7 nitrogen and oxygen atoms in total. The summed E-state index contributed by atoms with van der Waals surface area (Å²) in [5.41, 5.74) is 2.14. The molecule has 0 aliphatic carbocycles. The van der Waals surface area contributed by atoms with Crippen molar-refractivity contribution in [3.05, 3.63) is 63.3 Å². The van der Waals surface area contributed by atoms with Crippen molar-refractivity contribution in [2.75, 3.05) is 13.1 Å². The summed E-state index contributed by atoms with van der Waals surface area (Å²) >= 11 is 0. The number of amides is 2. The highest BCUT2D eigenvalue weighted by molar-refractivity contribution is 5.79. The molecule has 1 aromatic carbocycles. The number of carbonyl (C=O) groups excluding carboxylic acids is 2. The van der Waals surface area contributed by atoms with Gasteiger partial charge in [0.05, 0.1) is 24.7 Å². The topological polar surface area (TPSA) is 86.4 Å². The third-order valence-corrected chi connectivity index (χ3v) is 5.62. The SMILES string of the molecule is CC(=O)N1CCc2c(nc([C@H]3CCCN3C(=O)Cc3ccccc3)[nH]c2=O)C1. The Kier molecular flexibility index (Phi) is 4.98. The highest BCUT2D eigenvalue weighted by atomic mass is 16.2. The van der Waals surface area contributed by atoms with Crippen molar-refractivity contribution in [3.63, 3.8) is 0 Å². The van der Waals surface area contributed by atoms with Gasteiger partial charge in [-0.1, -0.05) is 30.3 Å². The first kappa shape index (κ1) is 18.4. The molecule has 0 radical (unpaired) electrons. The van der Waals surface area contributed by atoms with Crippen molar-refractivity contribution in [1.29, 1.82) is 0 Å². The number of hydrogen-bond acceptors (Lipinski definition) is 4. The van der Waals surface area contributed by atoms with E-state index < -0.39 is 0 Å². The lowest BCUT2D eigenvalue weighted by molar-refractivity contribution is -0.131. The second kappa shape index (κ2) is 7.58. The number of nitrogens with one attached hydrogen (secondary N) is 1. The van der Waals surface area contributed by atoms with Crippen molar-refractivity contribution in [2.24, 2.45) is 0 Å². The molecule has 0 unspecified atom stereocenters. The molecule has 1 fully saturated rings. The van der Waals surface area contributed by atoms with Crippen LogP contribution in [0.25, 0.3) is 0 Å². The molecular weight excluding hydrogens is 356 g/mol. The zero-order chi connectivity index (χ0) is 19.7. The molecule has 7 heteroatoms. The molecule has 28 heavy (non-hydrogen) atoms. The first-order valence-corrected chi connectivity index (χ1v) is 9.74. The van der Waals surface area contributed by atoms with Crippen molar-refractivity contribution in [2.45, 2.75) is 45.2 Å². The number of aromatic amines is 1. The second-order valence-electron chi connectivity index (χ2n) is 7.47. The molecular formula is C21H24N4O3. The van der Waals surface area contributed by atoms with Gasteiger partial charge in [0.1, 0.15) is 5.82 Å². The Morgan fingerprint density at radius 1 is 1.21 bits per heavy atom. The van der Waals surface area contributed by atoms with Crippen molar-refractivity contribution in [1.82, 2.24) is 19.8 Å². The highest BCUT2D eigenvalue weighted by Crippen LogP contribution is 2.30. The average Bonchev–Trinajstić information content (AvgIpc) is 3.18. The summed E-state index contributed by atoms with van der Waals surface area (Å²) in [5.74, 6) is 0.558. The Balaban J connectivity index is 1.58. The smallest absolute Gasteiger partial charge is 0.254 e. The molecule has 2 aromatic rings. The molecule has 1 atom stereocenters. The molecule has 2 amide bonds. The summed E-state index contributed by atoms with van der Waals surface area (Å²) in [5, 5.41) is 0. The number of aromatic nitrogens is 2. The third-order valence-electron chi connectivity index (χ3n) is 5.62. The fraction of sp³-hybridized carbons (Fsp3) is 0.429. The Labute approximate surface area is 163 Å². The first-order valence-electron chi connectivity index (χ1n) is 9.74. The van der Waals surface area contributed by atoms with E-state index >= 15 is 0 Å². The minimum atomic E-state index is -0.220. The summed E-state index contributed by atoms with van der Waals surface area (Å²) in [6.07, 6.45) is 2.51. The molecule has 146 valence electrons. The lowest BCUT2D eigenvalue weighted by Gasteiger charge is -2.28. The lowest BCUT2D eigenvalue weighted by Crippen LogP contribution is -2.39. The number of hydrogen-bond donors (Lipinski definition) is 1. The molecule has 2 aliphatic rings. The maximum Gasteiger partial charge on any atom is 0.254 e. The van der Waals surface area contributed by atoms with E-state index in [4.69, 9.17) is 0 Å². The van der Waals surface area contributed by atoms with Gasteiger partial charge < -0.3 is 14.8 Å². The molecule has 1 saturated heterocycles. The number of fused-ring (bicyclic) bond motifs is 1. The normalized spacial score (nSPS) is 18.8. The second-order valence-corrected chi connectivity index (χ2v) is 7.47. The minimum absolute atomic E-state index is 0.0187. The largest absolute Gasteiger partial charge is 0.337 e. The molecule has 0 spiro atoms. The predicted molar refractivity (Wildman–Crippen MR) is 103 cm³/mol. The van der Waals surface area contributed by atoms with Gasteiger partial charge in [0, 0.05) is 25.6 Å². The van der Waals surface area contributed by atoms with Gasteiger partial charge in [-0.05, 0) is 24.8 Å². The van der Waals surface area contributed by atoms with Crippen LogP contribution < -0.4 is 5.56 Å². The van der Waals surface area contributed by atoms with Crippen LogP contribution in [0.3, 0.4) is 0 Å². The van der Waals surface area contributed by atoms with Crippen LogP contribution in [0, 0.1) is 0 Å². The molecule has 1 aromatic heterocycles. The predicted octanol–water partition coefficient (Wildman–Crippen LogP) is 1.58. The number of H-pyrrole nitrogens is 1. The number of carbonyl (C=O) groups is 2. The summed E-state index contributed by atoms with van der Waals surface area (Å²) < 4.78 is 0. The lowest BCUT2D eigenvalue weighted by atomic mass is 10.1. The van der Waals surface area contributed by atoms with Crippen molar-refractivity contribution < 1.29 is 9.59 Å². The highest BCUT2D eigenvalue weighted by Gasteiger charge is 2.33. The van der Waals surface area contributed by atoms with E-state index in [1.54, 1.807) is 4.90 Å². The van der Waals surface area contributed by atoms with Gasteiger partial charge in [-0.25, -0.2) is 4.98 Å². The summed E-state index contributed by atoms with van der Waals surface area (Å²) in [4.78, 5) is 48.3. The van der Waals surface area contributed by atoms with Gasteiger partial charge in [-0.15, -0.1) is 0 Å². The molecule has 0 bridgehead atoms. The van der Waals surface area contributed by atoms with Gasteiger partial charge >= 0.3 is 0 Å². The number of benzene rings is 1. The molecule has 3 heterocycles. The van der Waals surface area contributed by atoms with Crippen LogP contribution in [0.15, 0.2) is 35.1 Å². The maximum absolute atomic E-state index is 12.9. The van der Waals surface area contributed by atoms with Crippen LogP contribution in [0.5, 0.6) is 0 Å². The Bertz CT molecular complexity index is 954. The average molecular weight is 380 g/mol. The van der Waals surface area contributed by atoms with E-state index in [0.717, 1.165) is 18.4 Å². The minimum Gasteiger partial charge on any atom is -0.337 e. The van der Waals surface area contributed by atoms with E-state index in [2.05, 4.69) is 9.97 Å². The molecule has 0 saturated carbocycles. The fourth-order valence-corrected chi connectivity index (χ4v) is 4.11. The van der Waals surface area contributed by atoms with Gasteiger partial charge in [-0.3, -0.25) is 14.4 Å². The summed E-state index contributed by atoms with van der Waals surface area (Å²) in [7, 11) is 0. The van der Waals surface area contributed by atoms with Gasteiger partial charge in [-0.2, -0.15) is 0 Å². The van der Waals surface area contributed by atoms with Crippen molar-refractivity contribution >= 4 is 11.8 Å². The number of likely N-dealkylation sites (tertiary alicyclic amines) is 1. The number of rotatable bonds is 3. The Hall–Kier alpha value is -2.96. The van der Waals surface area contributed by atoms with Crippen LogP contribution >= 0.6 is 0 Å². The van der Waals surface area contributed by atoms with Gasteiger partial charge in [0.25, 0.3) is 5.56 Å². The van der Waals surface area contributed by atoms with E-state index in [-0.39, 0.29) is 23.4 Å². The summed E-state index contributed by atoms with van der Waals surface area (Å²) in [6, 6.07) is 9.44. The van der Waals surface area contributed by atoms with E-state index in [1.807, 2.05) is 35.2 Å². The fourth-order valence-electron chi connectivity index (χ4n) is 4.11. The standard InChI is InChI=1S/C21H24N4O3/c1-14(26)24-11-9-16-17(13-24)22-20(23-21(16)28)18-8-5-10-25(18)19(27)12-15-6-3-2-4-7-15/h2-4,6-7,18H,5,8-13H2,1H3,(H,22,23,28)/t18-/m1/s1. The van der Waals surface area contributed by atoms with E-state index in [0.29, 0.717) is 49.6 Å².